The summed E-state index contributed by atoms with van der Waals surface area (Å²) in [6.07, 6.45) is 0.607. The number of nitrogens with one attached hydrogen (secondary N) is 2. The molecule has 0 saturated heterocycles. The van der Waals surface area contributed by atoms with Crippen LogP contribution in [-0.4, -0.2) is 56.0 Å². The second kappa shape index (κ2) is 11.6. The Hall–Kier alpha value is -3.19. The highest BCUT2D eigenvalue weighted by Crippen LogP contribution is 2.08. The van der Waals surface area contributed by atoms with Gasteiger partial charge in [0.25, 0.3) is 5.91 Å². The SMILES string of the molecule is COCCCN(CC(=O)NCC(=O)Nc1ccc(C)cc1)C(=O)c1ccccc1. The summed E-state index contributed by atoms with van der Waals surface area (Å²) in [5.74, 6) is -0.964. The van der Waals surface area contributed by atoms with Crippen molar-refractivity contribution in [3.63, 3.8) is 0 Å². The van der Waals surface area contributed by atoms with Crippen LogP contribution in [0.4, 0.5) is 5.69 Å². The second-order valence-electron chi connectivity index (χ2n) is 6.63. The van der Waals surface area contributed by atoms with Crippen molar-refractivity contribution in [3.05, 3.63) is 65.7 Å². The standard InChI is InChI=1S/C22H27N3O4/c1-17-9-11-19(12-10-17)24-20(26)15-23-21(27)16-25(13-6-14-29-2)22(28)18-7-4-3-5-8-18/h3-5,7-12H,6,13-16H2,1-2H3,(H,23,27)(H,24,26). The molecule has 0 radical (unpaired) electrons. The molecule has 2 N–H and O–H groups in total. The van der Waals surface area contributed by atoms with E-state index in [-0.39, 0.29) is 24.9 Å². The van der Waals surface area contributed by atoms with E-state index in [2.05, 4.69) is 10.6 Å². The summed E-state index contributed by atoms with van der Waals surface area (Å²) in [5, 5.41) is 5.28. The third-order valence-corrected chi connectivity index (χ3v) is 4.20. The molecule has 7 nitrogen and oxygen atoms in total. The molecule has 0 saturated carbocycles. The number of nitrogens with zero attached hydrogens (tertiary/aromatic N) is 1. The molecule has 0 atom stereocenters. The number of aryl methyl sites for hydroxylation is 1. The van der Waals surface area contributed by atoms with E-state index < -0.39 is 5.91 Å². The molecular formula is C22H27N3O4. The first-order valence-electron chi connectivity index (χ1n) is 9.46. The number of methoxy groups -OCH3 is 1. The van der Waals surface area contributed by atoms with Gasteiger partial charge in [-0.1, -0.05) is 35.9 Å². The van der Waals surface area contributed by atoms with Gasteiger partial charge in [-0.25, -0.2) is 0 Å². The molecule has 0 aliphatic carbocycles. The van der Waals surface area contributed by atoms with Gasteiger partial charge in [-0.2, -0.15) is 0 Å². The largest absolute Gasteiger partial charge is 0.385 e. The molecule has 2 aromatic rings. The average molecular weight is 397 g/mol. The summed E-state index contributed by atoms with van der Waals surface area (Å²) in [6, 6.07) is 16.2. The molecule has 0 bridgehead atoms. The topological polar surface area (TPSA) is 87.7 Å². The number of ether oxygens (including phenoxy) is 1. The second-order valence-corrected chi connectivity index (χ2v) is 6.63. The lowest BCUT2D eigenvalue weighted by Gasteiger charge is -2.22. The average Bonchev–Trinajstić information content (AvgIpc) is 2.73. The van der Waals surface area contributed by atoms with Gasteiger partial charge in [0.1, 0.15) is 0 Å². The Morgan fingerprint density at radius 1 is 0.966 bits per heavy atom. The number of anilines is 1. The molecule has 0 unspecified atom stereocenters. The molecule has 29 heavy (non-hydrogen) atoms. The number of benzene rings is 2. The van der Waals surface area contributed by atoms with Gasteiger partial charge in [-0.3, -0.25) is 14.4 Å². The minimum atomic E-state index is -0.397. The minimum absolute atomic E-state index is 0.130. The summed E-state index contributed by atoms with van der Waals surface area (Å²) < 4.78 is 5.03. The van der Waals surface area contributed by atoms with E-state index in [0.29, 0.717) is 30.8 Å². The Labute approximate surface area is 171 Å². The zero-order chi connectivity index (χ0) is 21.1. The van der Waals surface area contributed by atoms with Crippen LogP contribution in [0.2, 0.25) is 0 Å². The minimum Gasteiger partial charge on any atom is -0.385 e. The number of carbonyl (C=O) groups is 3. The summed E-state index contributed by atoms with van der Waals surface area (Å²) in [5.41, 5.74) is 2.26. The van der Waals surface area contributed by atoms with Crippen LogP contribution < -0.4 is 10.6 Å². The van der Waals surface area contributed by atoms with Crippen molar-refractivity contribution < 1.29 is 19.1 Å². The van der Waals surface area contributed by atoms with Crippen LogP contribution in [0.3, 0.4) is 0 Å². The zero-order valence-corrected chi connectivity index (χ0v) is 16.8. The monoisotopic (exact) mass is 397 g/mol. The van der Waals surface area contributed by atoms with E-state index in [1.165, 1.54) is 4.90 Å². The first kappa shape index (κ1) is 22.1. The smallest absolute Gasteiger partial charge is 0.254 e. The number of hydrogen-bond donors (Lipinski definition) is 2. The predicted octanol–water partition coefficient (Wildman–Crippen LogP) is 2.23. The van der Waals surface area contributed by atoms with Crippen LogP contribution in [0.1, 0.15) is 22.3 Å². The number of rotatable bonds is 10. The Morgan fingerprint density at radius 3 is 2.31 bits per heavy atom. The van der Waals surface area contributed by atoms with Crippen molar-refractivity contribution in [2.45, 2.75) is 13.3 Å². The third kappa shape index (κ3) is 7.75. The summed E-state index contributed by atoms with van der Waals surface area (Å²) in [6.45, 7) is 2.53. The highest BCUT2D eigenvalue weighted by molar-refractivity contribution is 5.98. The molecule has 0 aliphatic rings. The Kier molecular flexibility index (Phi) is 8.85. The molecule has 3 amide bonds. The summed E-state index contributed by atoms with van der Waals surface area (Å²) >= 11 is 0. The number of amides is 3. The fourth-order valence-corrected chi connectivity index (χ4v) is 2.67. The first-order chi connectivity index (χ1) is 14.0. The lowest BCUT2D eigenvalue weighted by Crippen LogP contribution is -2.43. The summed E-state index contributed by atoms with van der Waals surface area (Å²) in [7, 11) is 1.59. The van der Waals surface area contributed by atoms with Crippen LogP contribution in [0.15, 0.2) is 54.6 Å². The van der Waals surface area contributed by atoms with Crippen LogP contribution in [0.25, 0.3) is 0 Å². The third-order valence-electron chi connectivity index (χ3n) is 4.20. The number of hydrogen-bond acceptors (Lipinski definition) is 4. The van der Waals surface area contributed by atoms with Gasteiger partial charge in [0.05, 0.1) is 13.1 Å². The molecule has 0 aliphatic heterocycles. The van der Waals surface area contributed by atoms with Crippen LogP contribution in [0, 0.1) is 6.92 Å². The van der Waals surface area contributed by atoms with Crippen LogP contribution in [0.5, 0.6) is 0 Å². The quantitative estimate of drug-likeness (QED) is 0.602. The predicted molar refractivity (Wildman–Crippen MR) is 112 cm³/mol. The molecule has 0 fully saturated rings. The van der Waals surface area contributed by atoms with Crippen LogP contribution in [-0.2, 0) is 14.3 Å². The van der Waals surface area contributed by atoms with Crippen molar-refractivity contribution in [2.24, 2.45) is 0 Å². The highest BCUT2D eigenvalue weighted by Gasteiger charge is 2.18. The van der Waals surface area contributed by atoms with E-state index in [1.807, 2.05) is 25.1 Å². The van der Waals surface area contributed by atoms with Crippen LogP contribution >= 0.6 is 0 Å². The number of carbonyl (C=O) groups excluding carboxylic acids is 3. The molecule has 0 heterocycles. The van der Waals surface area contributed by atoms with E-state index in [1.54, 1.807) is 43.5 Å². The molecule has 0 spiro atoms. The van der Waals surface area contributed by atoms with Gasteiger partial charge in [0.2, 0.25) is 11.8 Å². The molecule has 0 aromatic heterocycles. The zero-order valence-electron chi connectivity index (χ0n) is 16.8. The summed E-state index contributed by atoms with van der Waals surface area (Å²) in [4.78, 5) is 38.5. The van der Waals surface area contributed by atoms with E-state index in [9.17, 15) is 14.4 Å². The van der Waals surface area contributed by atoms with Crippen molar-refractivity contribution in [1.82, 2.24) is 10.2 Å². The maximum atomic E-state index is 12.7. The first-order valence-corrected chi connectivity index (χ1v) is 9.46. The van der Waals surface area contributed by atoms with Crippen molar-refractivity contribution in [2.75, 3.05) is 38.7 Å². The van der Waals surface area contributed by atoms with Crippen molar-refractivity contribution in [3.8, 4) is 0 Å². The van der Waals surface area contributed by atoms with Gasteiger partial charge < -0.3 is 20.3 Å². The highest BCUT2D eigenvalue weighted by atomic mass is 16.5. The molecule has 7 heteroatoms. The fourth-order valence-electron chi connectivity index (χ4n) is 2.67. The Balaban J connectivity index is 1.88. The van der Waals surface area contributed by atoms with Gasteiger partial charge in [0.15, 0.2) is 0 Å². The fraction of sp³-hybridized carbons (Fsp3) is 0.318. The Morgan fingerprint density at radius 2 is 1.66 bits per heavy atom. The maximum Gasteiger partial charge on any atom is 0.254 e. The molecular weight excluding hydrogens is 370 g/mol. The van der Waals surface area contributed by atoms with Crippen molar-refractivity contribution in [1.29, 1.82) is 0 Å². The van der Waals surface area contributed by atoms with E-state index >= 15 is 0 Å². The molecule has 154 valence electrons. The van der Waals surface area contributed by atoms with Gasteiger partial charge in [-0.15, -0.1) is 0 Å². The van der Waals surface area contributed by atoms with Gasteiger partial charge >= 0.3 is 0 Å². The van der Waals surface area contributed by atoms with E-state index in [4.69, 9.17) is 4.74 Å². The Bertz CT molecular complexity index is 807. The van der Waals surface area contributed by atoms with Gasteiger partial charge in [0, 0.05) is 31.5 Å². The van der Waals surface area contributed by atoms with E-state index in [0.717, 1.165) is 5.56 Å². The van der Waals surface area contributed by atoms with Gasteiger partial charge in [-0.05, 0) is 37.6 Å². The lowest BCUT2D eigenvalue weighted by atomic mass is 10.2. The maximum absolute atomic E-state index is 12.7. The lowest BCUT2D eigenvalue weighted by molar-refractivity contribution is -0.124. The molecule has 2 aromatic carbocycles. The molecule has 2 rings (SSSR count). The van der Waals surface area contributed by atoms with Crippen molar-refractivity contribution >= 4 is 23.4 Å². The normalized spacial score (nSPS) is 10.3.